The van der Waals surface area contributed by atoms with Gasteiger partial charge in [-0.1, -0.05) is 140 Å². The van der Waals surface area contributed by atoms with E-state index in [1.54, 1.807) is 4.57 Å². The van der Waals surface area contributed by atoms with E-state index in [1.165, 1.54) is 0 Å². The van der Waals surface area contributed by atoms with Crippen molar-refractivity contribution in [3.05, 3.63) is 198 Å². The van der Waals surface area contributed by atoms with E-state index in [0.717, 1.165) is 49.7 Å². The van der Waals surface area contributed by atoms with E-state index in [9.17, 15) is 4.79 Å². The van der Waals surface area contributed by atoms with Crippen LogP contribution < -0.4 is 5.56 Å². The largest absolute Gasteiger partial charge is 0.276 e. The molecule has 8 heteroatoms. The van der Waals surface area contributed by atoms with Crippen molar-refractivity contribution in [3.63, 3.8) is 0 Å². The molecule has 0 saturated carbocycles. The van der Waals surface area contributed by atoms with Crippen LogP contribution in [0.5, 0.6) is 0 Å². The first-order valence-electron chi connectivity index (χ1n) is 18.6. The topological polar surface area (TPSA) is 99.3 Å². The molecule has 0 aliphatic rings. The molecule has 268 valence electrons. The van der Waals surface area contributed by atoms with E-state index < -0.39 is 0 Å². The maximum atomic E-state index is 14.4. The molecule has 0 aliphatic heterocycles. The number of hydrogen-bond acceptors (Lipinski definition) is 7. The van der Waals surface area contributed by atoms with Crippen LogP contribution in [-0.2, 0) is 0 Å². The molecule has 0 saturated heterocycles. The average Bonchev–Trinajstić information content (AvgIpc) is 3.30. The van der Waals surface area contributed by atoms with Gasteiger partial charge in [-0.2, -0.15) is 0 Å². The number of nitrogens with zero attached hydrogens (tertiary/aromatic N) is 7. The Labute approximate surface area is 327 Å². The van der Waals surface area contributed by atoms with Crippen LogP contribution >= 0.6 is 0 Å². The van der Waals surface area contributed by atoms with Crippen molar-refractivity contribution < 1.29 is 0 Å². The molecule has 10 aromatic rings. The smallest absolute Gasteiger partial charge is 0.263 e. The van der Waals surface area contributed by atoms with Gasteiger partial charge < -0.3 is 0 Å². The molecule has 0 radical (unpaired) electrons. The Balaban J connectivity index is 1.11. The van der Waals surface area contributed by atoms with E-state index in [4.69, 9.17) is 29.9 Å². The van der Waals surface area contributed by atoms with Gasteiger partial charge in [0.1, 0.15) is 0 Å². The summed E-state index contributed by atoms with van der Waals surface area (Å²) in [4.78, 5) is 43.8. The first kappa shape index (κ1) is 33.6. The zero-order valence-corrected chi connectivity index (χ0v) is 30.4. The van der Waals surface area contributed by atoms with Gasteiger partial charge in [-0.25, -0.2) is 29.9 Å². The fourth-order valence-corrected chi connectivity index (χ4v) is 7.11. The quantitative estimate of drug-likeness (QED) is 0.150. The molecule has 10 rings (SSSR count). The van der Waals surface area contributed by atoms with Crippen LogP contribution in [0.2, 0.25) is 0 Å². The molecule has 0 bridgehead atoms. The van der Waals surface area contributed by atoms with Crippen molar-refractivity contribution in [1.82, 2.24) is 34.5 Å². The average molecular weight is 734 g/mol. The summed E-state index contributed by atoms with van der Waals surface area (Å²) in [6.07, 6.45) is 0. The lowest BCUT2D eigenvalue weighted by Crippen LogP contribution is -2.19. The molecule has 0 N–H and O–H groups in total. The SMILES string of the molecule is O=c1c2ccccc2c2cc(-c3nc(-c4ccccc4)nc(-c4ccccc4)n3)ccc2n1-c1ccc(-c2nc(-c3ccccc3)nc(-c3ccccc3)n2)cc1. The Morgan fingerprint density at radius 1 is 0.298 bits per heavy atom. The number of pyridine rings is 1. The predicted octanol–water partition coefficient (Wildman–Crippen LogP) is 10.5. The Bertz CT molecular complexity index is 3000. The molecule has 0 unspecified atom stereocenters. The summed E-state index contributed by atoms with van der Waals surface area (Å²) in [6.45, 7) is 0. The summed E-state index contributed by atoms with van der Waals surface area (Å²) in [6, 6.07) is 61.2. The minimum atomic E-state index is -0.116. The molecule has 0 fully saturated rings. The first-order valence-corrected chi connectivity index (χ1v) is 18.6. The predicted molar refractivity (Wildman–Crippen MR) is 226 cm³/mol. The summed E-state index contributed by atoms with van der Waals surface area (Å²) in [5.74, 6) is 3.41. The van der Waals surface area contributed by atoms with Crippen molar-refractivity contribution >= 4 is 21.7 Å². The number of aromatic nitrogens is 7. The number of hydrogen-bond donors (Lipinski definition) is 0. The van der Waals surface area contributed by atoms with Gasteiger partial charge in [-0.3, -0.25) is 9.36 Å². The van der Waals surface area contributed by atoms with Gasteiger partial charge in [0.15, 0.2) is 34.9 Å². The zero-order valence-electron chi connectivity index (χ0n) is 30.4. The Kier molecular flexibility index (Phi) is 8.46. The summed E-state index contributed by atoms with van der Waals surface area (Å²) in [5.41, 5.74) is 6.55. The summed E-state index contributed by atoms with van der Waals surface area (Å²) in [7, 11) is 0. The fraction of sp³-hybridized carbons (Fsp3) is 0. The molecule has 0 atom stereocenters. The van der Waals surface area contributed by atoms with Crippen molar-refractivity contribution in [2.24, 2.45) is 0 Å². The lowest BCUT2D eigenvalue weighted by atomic mass is 10.0. The van der Waals surface area contributed by atoms with Gasteiger partial charge in [0.25, 0.3) is 5.56 Å². The highest BCUT2D eigenvalue weighted by Crippen LogP contribution is 2.32. The maximum absolute atomic E-state index is 14.4. The van der Waals surface area contributed by atoms with Crippen LogP contribution in [0.1, 0.15) is 0 Å². The number of benzene rings is 7. The molecule has 0 aliphatic carbocycles. The first-order chi connectivity index (χ1) is 28.2. The van der Waals surface area contributed by atoms with Crippen LogP contribution in [-0.4, -0.2) is 34.5 Å². The van der Waals surface area contributed by atoms with Crippen molar-refractivity contribution in [3.8, 4) is 74.0 Å². The second-order valence-electron chi connectivity index (χ2n) is 13.5. The van der Waals surface area contributed by atoms with Gasteiger partial charge >= 0.3 is 0 Å². The molecule has 0 amide bonds. The van der Waals surface area contributed by atoms with Crippen molar-refractivity contribution in [1.29, 1.82) is 0 Å². The van der Waals surface area contributed by atoms with E-state index in [2.05, 4.69) is 6.07 Å². The molecule has 0 spiro atoms. The third-order valence-corrected chi connectivity index (χ3v) is 9.93. The highest BCUT2D eigenvalue weighted by molar-refractivity contribution is 6.07. The van der Waals surface area contributed by atoms with E-state index in [1.807, 2.05) is 182 Å². The van der Waals surface area contributed by atoms with Gasteiger partial charge in [-0.15, -0.1) is 0 Å². The molecule has 57 heavy (non-hydrogen) atoms. The minimum absolute atomic E-state index is 0.116. The Morgan fingerprint density at radius 2 is 0.632 bits per heavy atom. The van der Waals surface area contributed by atoms with Crippen LogP contribution in [0.3, 0.4) is 0 Å². The monoisotopic (exact) mass is 733 g/mol. The molecule has 3 aromatic heterocycles. The standard InChI is InChI=1S/C49H31N7O/c57-49-40-24-14-13-23-39(40)41-31-37(48-54-45(34-19-9-3-10-20-34)51-46(55-48)35-21-11-4-12-22-35)27-30-42(41)56(49)38-28-25-36(26-29-38)47-52-43(32-15-5-1-6-16-32)50-44(53-47)33-17-7-2-8-18-33/h1-31H. The van der Waals surface area contributed by atoms with E-state index in [-0.39, 0.29) is 5.56 Å². The number of fused-ring (bicyclic) bond motifs is 3. The van der Waals surface area contributed by atoms with Crippen molar-refractivity contribution in [2.75, 3.05) is 0 Å². The second kappa shape index (κ2) is 14.4. The lowest BCUT2D eigenvalue weighted by molar-refractivity contribution is 1.05. The summed E-state index contributed by atoms with van der Waals surface area (Å²) in [5, 5.41) is 2.35. The van der Waals surface area contributed by atoms with Crippen LogP contribution in [0.25, 0.3) is 95.7 Å². The normalized spacial score (nSPS) is 11.2. The lowest BCUT2D eigenvalue weighted by Gasteiger charge is -2.15. The van der Waals surface area contributed by atoms with Gasteiger partial charge in [0, 0.05) is 49.8 Å². The minimum Gasteiger partial charge on any atom is -0.276 e. The molecular formula is C49H31N7O. The number of rotatable bonds is 7. The Morgan fingerprint density at radius 3 is 1.05 bits per heavy atom. The molecule has 3 heterocycles. The van der Waals surface area contributed by atoms with Gasteiger partial charge in [-0.05, 0) is 53.9 Å². The van der Waals surface area contributed by atoms with Crippen LogP contribution in [0, 0.1) is 0 Å². The third-order valence-electron chi connectivity index (χ3n) is 9.93. The second-order valence-corrected chi connectivity index (χ2v) is 13.5. The van der Waals surface area contributed by atoms with Gasteiger partial charge in [0.2, 0.25) is 0 Å². The third kappa shape index (κ3) is 6.41. The Hall–Kier alpha value is -7.97. The highest BCUT2D eigenvalue weighted by atomic mass is 16.1. The van der Waals surface area contributed by atoms with Crippen LogP contribution in [0.4, 0.5) is 0 Å². The van der Waals surface area contributed by atoms with Crippen LogP contribution in [0.15, 0.2) is 193 Å². The summed E-state index contributed by atoms with van der Waals surface area (Å²) < 4.78 is 1.77. The summed E-state index contributed by atoms with van der Waals surface area (Å²) >= 11 is 0. The molecule has 8 nitrogen and oxygen atoms in total. The van der Waals surface area contributed by atoms with Gasteiger partial charge in [0.05, 0.1) is 5.52 Å². The zero-order chi connectivity index (χ0) is 38.1. The fourth-order valence-electron chi connectivity index (χ4n) is 7.11. The van der Waals surface area contributed by atoms with Crippen molar-refractivity contribution in [2.45, 2.75) is 0 Å². The van der Waals surface area contributed by atoms with E-state index in [0.29, 0.717) is 46.0 Å². The highest BCUT2D eigenvalue weighted by Gasteiger charge is 2.18. The maximum Gasteiger partial charge on any atom is 0.263 e. The molecule has 7 aromatic carbocycles. The van der Waals surface area contributed by atoms with E-state index >= 15 is 0 Å². The molecular weight excluding hydrogens is 703 g/mol.